The summed E-state index contributed by atoms with van der Waals surface area (Å²) in [6.07, 6.45) is 0. The molecule has 0 saturated carbocycles. The molecule has 0 aromatic carbocycles. The molecule has 0 spiro atoms. The molecule has 2 saturated heterocycles. The molecule has 0 aliphatic carbocycles. The summed E-state index contributed by atoms with van der Waals surface area (Å²) in [7, 11) is 0. The van der Waals surface area contributed by atoms with Crippen molar-refractivity contribution in [3.63, 3.8) is 0 Å². The highest BCUT2D eigenvalue weighted by molar-refractivity contribution is 5.82. The Hall–Kier alpha value is -0.690. The fraction of sp³-hybridized carbons (Fsp3) is 0.923. The first-order valence-electron chi connectivity index (χ1n) is 7.34. The third-order valence-electron chi connectivity index (χ3n) is 3.82. The lowest BCUT2D eigenvalue weighted by Gasteiger charge is -2.37. The van der Waals surface area contributed by atoms with Crippen LogP contribution in [0.15, 0.2) is 0 Å². The minimum atomic E-state index is -0.0188. The lowest BCUT2D eigenvalue weighted by Crippen LogP contribution is -2.59. The summed E-state index contributed by atoms with van der Waals surface area (Å²) in [6, 6.07) is -0.0188. The van der Waals surface area contributed by atoms with Gasteiger partial charge in [-0.1, -0.05) is 0 Å². The Morgan fingerprint density at radius 1 is 1.32 bits per heavy atom. The van der Waals surface area contributed by atoms with Crippen LogP contribution in [0.25, 0.3) is 0 Å². The summed E-state index contributed by atoms with van der Waals surface area (Å²) in [5.41, 5.74) is 0. The molecule has 0 bridgehead atoms. The number of morpholine rings is 1. The second-order valence-corrected chi connectivity index (χ2v) is 5.10. The van der Waals surface area contributed by atoms with E-state index in [0.717, 1.165) is 59.0 Å². The van der Waals surface area contributed by atoms with E-state index in [-0.39, 0.29) is 11.9 Å². The number of nitrogens with zero attached hydrogens (tertiary/aromatic N) is 2. The zero-order valence-electron chi connectivity index (χ0n) is 11.9. The van der Waals surface area contributed by atoms with Gasteiger partial charge in [0.1, 0.15) is 6.04 Å². The third kappa shape index (κ3) is 4.42. The van der Waals surface area contributed by atoms with Crippen molar-refractivity contribution in [1.82, 2.24) is 20.4 Å². The highest BCUT2D eigenvalue weighted by atomic mass is 16.5. The minimum Gasteiger partial charge on any atom is -0.379 e. The first-order chi connectivity index (χ1) is 9.31. The van der Waals surface area contributed by atoms with E-state index < -0.39 is 0 Å². The fourth-order valence-electron chi connectivity index (χ4n) is 2.66. The smallest absolute Gasteiger partial charge is 0.238 e. The molecule has 2 rings (SSSR count). The maximum atomic E-state index is 12.0. The molecule has 2 fully saturated rings. The number of nitrogens with one attached hydrogen (secondary N) is 2. The Balaban J connectivity index is 1.79. The summed E-state index contributed by atoms with van der Waals surface area (Å²) >= 11 is 0. The van der Waals surface area contributed by atoms with E-state index in [1.54, 1.807) is 0 Å². The van der Waals surface area contributed by atoms with Gasteiger partial charge in [-0.3, -0.25) is 14.6 Å². The SMILES string of the molecule is CCNC(=O)C1CNCCN1CCN1CCOCC1. The number of piperazine rings is 1. The Kier molecular flexibility index (Phi) is 6.03. The Morgan fingerprint density at radius 3 is 2.84 bits per heavy atom. The van der Waals surface area contributed by atoms with Gasteiger partial charge in [0.2, 0.25) is 5.91 Å². The van der Waals surface area contributed by atoms with E-state index in [1.165, 1.54) is 0 Å². The average Bonchev–Trinajstić information content (AvgIpc) is 2.47. The van der Waals surface area contributed by atoms with Crippen LogP contribution in [0, 0.1) is 0 Å². The third-order valence-corrected chi connectivity index (χ3v) is 3.82. The van der Waals surface area contributed by atoms with Gasteiger partial charge in [0.15, 0.2) is 0 Å². The van der Waals surface area contributed by atoms with Crippen molar-refractivity contribution in [1.29, 1.82) is 0 Å². The molecule has 19 heavy (non-hydrogen) atoms. The van der Waals surface area contributed by atoms with Gasteiger partial charge in [0, 0.05) is 52.4 Å². The molecule has 6 heteroatoms. The lowest BCUT2D eigenvalue weighted by atomic mass is 10.1. The van der Waals surface area contributed by atoms with Crippen molar-refractivity contribution in [3.8, 4) is 0 Å². The fourth-order valence-corrected chi connectivity index (χ4v) is 2.66. The lowest BCUT2D eigenvalue weighted by molar-refractivity contribution is -0.127. The Bertz CT molecular complexity index is 282. The predicted molar refractivity (Wildman–Crippen MR) is 74.2 cm³/mol. The second kappa shape index (κ2) is 7.79. The summed E-state index contributed by atoms with van der Waals surface area (Å²) < 4.78 is 5.35. The average molecular weight is 270 g/mol. The standard InChI is InChI=1S/C13H26N4O2/c1-2-15-13(18)12-11-14-3-4-17(12)6-5-16-7-9-19-10-8-16/h12,14H,2-11H2,1H3,(H,15,18). The van der Waals surface area contributed by atoms with Crippen LogP contribution in [0.5, 0.6) is 0 Å². The van der Waals surface area contributed by atoms with Crippen LogP contribution in [-0.2, 0) is 9.53 Å². The predicted octanol–water partition coefficient (Wildman–Crippen LogP) is -1.27. The van der Waals surface area contributed by atoms with E-state index >= 15 is 0 Å². The highest BCUT2D eigenvalue weighted by Crippen LogP contribution is 2.05. The van der Waals surface area contributed by atoms with Crippen molar-refractivity contribution in [3.05, 3.63) is 0 Å². The number of carbonyl (C=O) groups excluding carboxylic acids is 1. The topological polar surface area (TPSA) is 56.8 Å². The molecule has 1 atom stereocenters. The summed E-state index contributed by atoms with van der Waals surface area (Å²) in [6.45, 7) is 11.0. The van der Waals surface area contributed by atoms with Crippen molar-refractivity contribution >= 4 is 5.91 Å². The summed E-state index contributed by atoms with van der Waals surface area (Å²) in [5, 5.41) is 6.23. The van der Waals surface area contributed by atoms with Crippen LogP contribution in [0.1, 0.15) is 6.92 Å². The zero-order valence-corrected chi connectivity index (χ0v) is 11.9. The first-order valence-corrected chi connectivity index (χ1v) is 7.34. The molecule has 1 unspecified atom stereocenters. The molecule has 2 aliphatic rings. The molecule has 6 nitrogen and oxygen atoms in total. The number of rotatable bonds is 5. The van der Waals surface area contributed by atoms with Gasteiger partial charge in [0.05, 0.1) is 13.2 Å². The Labute approximate surface area is 115 Å². The van der Waals surface area contributed by atoms with Crippen LogP contribution < -0.4 is 10.6 Å². The van der Waals surface area contributed by atoms with E-state index in [0.29, 0.717) is 6.54 Å². The normalized spacial score (nSPS) is 26.3. The number of hydrogen-bond donors (Lipinski definition) is 2. The first kappa shape index (κ1) is 14.7. The highest BCUT2D eigenvalue weighted by Gasteiger charge is 2.28. The minimum absolute atomic E-state index is 0.0188. The maximum absolute atomic E-state index is 12.0. The van der Waals surface area contributed by atoms with E-state index in [4.69, 9.17) is 4.74 Å². The van der Waals surface area contributed by atoms with Gasteiger partial charge in [-0.25, -0.2) is 0 Å². The quantitative estimate of drug-likeness (QED) is 0.652. The molecular weight excluding hydrogens is 244 g/mol. The summed E-state index contributed by atoms with van der Waals surface area (Å²) in [4.78, 5) is 16.8. The second-order valence-electron chi connectivity index (χ2n) is 5.10. The van der Waals surface area contributed by atoms with Crippen LogP contribution >= 0.6 is 0 Å². The van der Waals surface area contributed by atoms with Crippen LogP contribution in [0.3, 0.4) is 0 Å². The Morgan fingerprint density at radius 2 is 2.11 bits per heavy atom. The van der Waals surface area contributed by atoms with E-state index in [2.05, 4.69) is 20.4 Å². The molecule has 110 valence electrons. The van der Waals surface area contributed by atoms with Crippen LogP contribution in [-0.4, -0.2) is 87.3 Å². The van der Waals surface area contributed by atoms with Gasteiger partial charge in [-0.15, -0.1) is 0 Å². The number of likely N-dealkylation sites (N-methyl/N-ethyl adjacent to an activating group) is 1. The molecule has 0 aromatic rings. The van der Waals surface area contributed by atoms with Crippen LogP contribution in [0.2, 0.25) is 0 Å². The monoisotopic (exact) mass is 270 g/mol. The van der Waals surface area contributed by atoms with Crippen molar-refractivity contribution < 1.29 is 9.53 Å². The zero-order chi connectivity index (χ0) is 13.5. The van der Waals surface area contributed by atoms with Gasteiger partial charge in [-0.05, 0) is 6.92 Å². The summed E-state index contributed by atoms with van der Waals surface area (Å²) in [5.74, 6) is 0.150. The van der Waals surface area contributed by atoms with Gasteiger partial charge >= 0.3 is 0 Å². The van der Waals surface area contributed by atoms with E-state index in [9.17, 15) is 4.79 Å². The van der Waals surface area contributed by atoms with Gasteiger partial charge < -0.3 is 15.4 Å². The largest absolute Gasteiger partial charge is 0.379 e. The molecule has 2 heterocycles. The molecule has 2 N–H and O–H groups in total. The molecule has 1 amide bonds. The van der Waals surface area contributed by atoms with Gasteiger partial charge in [-0.2, -0.15) is 0 Å². The van der Waals surface area contributed by atoms with Crippen molar-refractivity contribution in [2.45, 2.75) is 13.0 Å². The van der Waals surface area contributed by atoms with Gasteiger partial charge in [0.25, 0.3) is 0 Å². The molecule has 0 radical (unpaired) electrons. The number of carbonyl (C=O) groups is 1. The number of hydrogen-bond acceptors (Lipinski definition) is 5. The molecule has 0 aromatic heterocycles. The maximum Gasteiger partial charge on any atom is 0.238 e. The number of ether oxygens (including phenoxy) is 1. The molecular formula is C13H26N4O2. The molecule has 2 aliphatic heterocycles. The van der Waals surface area contributed by atoms with E-state index in [1.807, 2.05) is 6.92 Å². The number of amides is 1. The van der Waals surface area contributed by atoms with Crippen molar-refractivity contribution in [2.75, 3.05) is 65.6 Å². The van der Waals surface area contributed by atoms with Crippen molar-refractivity contribution in [2.24, 2.45) is 0 Å². The van der Waals surface area contributed by atoms with Crippen LogP contribution in [0.4, 0.5) is 0 Å².